The number of hydrogen-bond acceptors (Lipinski definition) is 2. The molecule has 0 unspecified atom stereocenters. The van der Waals surface area contributed by atoms with Crippen molar-refractivity contribution < 1.29 is 22.8 Å². The van der Waals surface area contributed by atoms with E-state index < -0.39 is 24.9 Å². The molecule has 0 radical (unpaired) electrons. The molecule has 0 aliphatic carbocycles. The van der Waals surface area contributed by atoms with E-state index in [0.717, 1.165) is 10.8 Å². The quantitative estimate of drug-likeness (QED) is 0.848. The normalized spacial score (nSPS) is 15.4. The van der Waals surface area contributed by atoms with Crippen molar-refractivity contribution >= 4 is 28.4 Å². The molecule has 1 aliphatic heterocycles. The lowest BCUT2D eigenvalue weighted by atomic mass is 10.1. The van der Waals surface area contributed by atoms with E-state index in [1.807, 2.05) is 42.5 Å². The standard InChI is InChI=1S/C20H22F3N3O2/c21-20(22,23)10-9-18(27)25-11-4-12-26(14-13-25)19(28)24-17-8-3-6-15-5-1-2-7-16(15)17/h1-3,5-8H,4,9-14H2,(H,24,28). The molecule has 150 valence electrons. The summed E-state index contributed by atoms with van der Waals surface area (Å²) in [6.45, 7) is 1.32. The Balaban J connectivity index is 1.59. The summed E-state index contributed by atoms with van der Waals surface area (Å²) in [5, 5.41) is 4.85. The van der Waals surface area contributed by atoms with E-state index >= 15 is 0 Å². The van der Waals surface area contributed by atoms with Crippen LogP contribution >= 0.6 is 0 Å². The maximum atomic E-state index is 12.7. The van der Waals surface area contributed by atoms with Crippen LogP contribution in [0.4, 0.5) is 23.7 Å². The molecule has 28 heavy (non-hydrogen) atoms. The van der Waals surface area contributed by atoms with Crippen LogP contribution in [0, 0.1) is 0 Å². The van der Waals surface area contributed by atoms with Gasteiger partial charge in [-0.25, -0.2) is 4.79 Å². The Kier molecular flexibility index (Phi) is 6.06. The Morgan fingerprint density at radius 3 is 2.39 bits per heavy atom. The van der Waals surface area contributed by atoms with Crippen molar-refractivity contribution in [1.82, 2.24) is 9.80 Å². The highest BCUT2D eigenvalue weighted by atomic mass is 19.4. The molecule has 1 fully saturated rings. The summed E-state index contributed by atoms with van der Waals surface area (Å²) in [6.07, 6.45) is -5.48. The zero-order valence-electron chi connectivity index (χ0n) is 15.3. The van der Waals surface area contributed by atoms with Gasteiger partial charge in [-0.3, -0.25) is 4.79 Å². The van der Waals surface area contributed by atoms with E-state index in [1.54, 1.807) is 4.90 Å². The largest absolute Gasteiger partial charge is 0.389 e. The lowest BCUT2D eigenvalue weighted by Gasteiger charge is -2.23. The van der Waals surface area contributed by atoms with E-state index in [2.05, 4.69) is 5.32 Å². The van der Waals surface area contributed by atoms with Crippen LogP contribution in [0.15, 0.2) is 42.5 Å². The minimum Gasteiger partial charge on any atom is -0.341 e. The van der Waals surface area contributed by atoms with Crippen molar-refractivity contribution in [2.24, 2.45) is 0 Å². The summed E-state index contributed by atoms with van der Waals surface area (Å²) in [6, 6.07) is 13.1. The number of urea groups is 1. The summed E-state index contributed by atoms with van der Waals surface area (Å²) >= 11 is 0. The van der Waals surface area contributed by atoms with Gasteiger partial charge in [-0.2, -0.15) is 13.2 Å². The third kappa shape index (κ3) is 5.15. The van der Waals surface area contributed by atoms with Gasteiger partial charge in [0.1, 0.15) is 0 Å². The fourth-order valence-corrected chi connectivity index (χ4v) is 3.31. The van der Waals surface area contributed by atoms with Crippen molar-refractivity contribution in [1.29, 1.82) is 0 Å². The van der Waals surface area contributed by atoms with Gasteiger partial charge in [0.05, 0.1) is 12.1 Å². The summed E-state index contributed by atoms with van der Waals surface area (Å²) < 4.78 is 37.0. The summed E-state index contributed by atoms with van der Waals surface area (Å²) in [7, 11) is 0. The van der Waals surface area contributed by atoms with Crippen molar-refractivity contribution in [3.8, 4) is 0 Å². The molecule has 0 aromatic heterocycles. The fraction of sp³-hybridized carbons (Fsp3) is 0.400. The van der Waals surface area contributed by atoms with Crippen LogP contribution in [0.1, 0.15) is 19.3 Å². The average Bonchev–Trinajstić information content (AvgIpc) is 2.92. The molecule has 5 nitrogen and oxygen atoms in total. The number of fused-ring (bicyclic) bond motifs is 1. The monoisotopic (exact) mass is 393 g/mol. The van der Waals surface area contributed by atoms with Crippen molar-refractivity contribution in [2.75, 3.05) is 31.5 Å². The molecule has 1 N–H and O–H groups in total. The van der Waals surface area contributed by atoms with Gasteiger partial charge in [0.25, 0.3) is 0 Å². The Bertz CT molecular complexity index is 849. The topological polar surface area (TPSA) is 52.7 Å². The van der Waals surface area contributed by atoms with Gasteiger partial charge >= 0.3 is 12.2 Å². The van der Waals surface area contributed by atoms with Crippen LogP contribution in [-0.4, -0.2) is 54.1 Å². The number of rotatable bonds is 3. The van der Waals surface area contributed by atoms with E-state index in [1.165, 1.54) is 4.90 Å². The molecule has 0 bridgehead atoms. The number of halogens is 3. The zero-order valence-corrected chi connectivity index (χ0v) is 15.3. The number of nitrogens with zero attached hydrogens (tertiary/aromatic N) is 2. The van der Waals surface area contributed by atoms with Gasteiger partial charge in [0, 0.05) is 38.0 Å². The van der Waals surface area contributed by atoms with Crippen LogP contribution in [0.3, 0.4) is 0 Å². The fourth-order valence-electron chi connectivity index (χ4n) is 3.31. The van der Waals surface area contributed by atoms with Gasteiger partial charge in [-0.05, 0) is 17.9 Å². The first-order valence-electron chi connectivity index (χ1n) is 9.22. The maximum absolute atomic E-state index is 12.7. The van der Waals surface area contributed by atoms with Gasteiger partial charge in [-0.1, -0.05) is 36.4 Å². The highest BCUT2D eigenvalue weighted by Crippen LogP contribution is 2.24. The Labute approximate surface area is 161 Å². The molecule has 2 aromatic rings. The molecule has 0 saturated carbocycles. The molecule has 1 heterocycles. The Morgan fingerprint density at radius 1 is 0.929 bits per heavy atom. The zero-order chi connectivity index (χ0) is 20.1. The minimum atomic E-state index is -4.34. The number of hydrogen-bond donors (Lipinski definition) is 1. The number of carbonyl (C=O) groups excluding carboxylic acids is 2. The molecule has 8 heteroatoms. The summed E-state index contributed by atoms with van der Waals surface area (Å²) in [5.41, 5.74) is 0.699. The molecule has 3 amide bonds. The average molecular weight is 393 g/mol. The third-order valence-electron chi connectivity index (χ3n) is 4.79. The van der Waals surface area contributed by atoms with Crippen LogP contribution in [0.25, 0.3) is 10.8 Å². The number of carbonyl (C=O) groups is 2. The first-order chi connectivity index (χ1) is 13.3. The van der Waals surface area contributed by atoms with Crippen LogP contribution in [-0.2, 0) is 4.79 Å². The maximum Gasteiger partial charge on any atom is 0.389 e. The molecule has 2 aromatic carbocycles. The van der Waals surface area contributed by atoms with E-state index in [4.69, 9.17) is 0 Å². The Morgan fingerprint density at radius 2 is 1.61 bits per heavy atom. The highest BCUT2D eigenvalue weighted by molar-refractivity contribution is 6.01. The predicted molar refractivity (Wildman–Crippen MR) is 101 cm³/mol. The lowest BCUT2D eigenvalue weighted by molar-refractivity contribution is -0.149. The first-order valence-corrected chi connectivity index (χ1v) is 9.22. The van der Waals surface area contributed by atoms with Crippen molar-refractivity contribution in [2.45, 2.75) is 25.4 Å². The summed E-state index contributed by atoms with van der Waals surface area (Å²) in [5.74, 6) is -0.520. The number of alkyl halides is 3. The molecule has 0 spiro atoms. The summed E-state index contributed by atoms with van der Waals surface area (Å²) in [4.78, 5) is 27.7. The van der Waals surface area contributed by atoms with Gasteiger partial charge in [0.2, 0.25) is 5.91 Å². The van der Waals surface area contributed by atoms with Crippen molar-refractivity contribution in [3.05, 3.63) is 42.5 Å². The molecule has 1 aliphatic rings. The SMILES string of the molecule is O=C(CCC(F)(F)F)N1CCCN(C(=O)Nc2cccc3ccccc23)CC1. The smallest absolute Gasteiger partial charge is 0.341 e. The van der Waals surface area contributed by atoms with E-state index in [9.17, 15) is 22.8 Å². The molecule has 1 saturated heterocycles. The van der Waals surface area contributed by atoms with Crippen LogP contribution < -0.4 is 5.32 Å². The molecule has 0 atom stereocenters. The number of benzene rings is 2. The number of amides is 3. The van der Waals surface area contributed by atoms with Gasteiger partial charge in [-0.15, -0.1) is 0 Å². The number of nitrogens with one attached hydrogen (secondary N) is 1. The minimum absolute atomic E-state index is 0.236. The lowest BCUT2D eigenvalue weighted by Crippen LogP contribution is -2.39. The van der Waals surface area contributed by atoms with Crippen LogP contribution in [0.5, 0.6) is 0 Å². The second-order valence-corrected chi connectivity index (χ2v) is 6.79. The Hall–Kier alpha value is -2.77. The van der Waals surface area contributed by atoms with Crippen molar-refractivity contribution in [3.63, 3.8) is 0 Å². The molecular formula is C20H22F3N3O2. The van der Waals surface area contributed by atoms with Gasteiger partial charge < -0.3 is 15.1 Å². The number of anilines is 1. The van der Waals surface area contributed by atoms with Gasteiger partial charge in [0.15, 0.2) is 0 Å². The second-order valence-electron chi connectivity index (χ2n) is 6.79. The molecule has 3 rings (SSSR count). The second kappa shape index (κ2) is 8.50. The first kappa shape index (κ1) is 20.0. The highest BCUT2D eigenvalue weighted by Gasteiger charge is 2.30. The van der Waals surface area contributed by atoms with E-state index in [-0.39, 0.29) is 19.1 Å². The third-order valence-corrected chi connectivity index (χ3v) is 4.79. The molecular weight excluding hydrogens is 371 g/mol. The van der Waals surface area contributed by atoms with E-state index in [0.29, 0.717) is 25.2 Å². The van der Waals surface area contributed by atoms with Crippen LogP contribution in [0.2, 0.25) is 0 Å². The predicted octanol–water partition coefficient (Wildman–Crippen LogP) is 4.25.